The molecule has 3 aromatic carbocycles. The maximum absolute atomic E-state index is 13.7. The van der Waals surface area contributed by atoms with Crippen molar-refractivity contribution < 1.29 is 14.3 Å². The maximum atomic E-state index is 13.7. The molecule has 1 unspecified atom stereocenters. The minimum atomic E-state index is -0.791. The summed E-state index contributed by atoms with van der Waals surface area (Å²) in [6, 6.07) is 27.5. The number of rotatable bonds is 7. The van der Waals surface area contributed by atoms with Crippen molar-refractivity contribution in [3.05, 3.63) is 108 Å². The van der Waals surface area contributed by atoms with Crippen molar-refractivity contribution in [1.82, 2.24) is 4.90 Å². The lowest BCUT2D eigenvalue weighted by Gasteiger charge is -2.42. The summed E-state index contributed by atoms with van der Waals surface area (Å²) in [5.41, 5.74) is 2.65. The molecule has 0 N–H and O–H groups in total. The van der Waals surface area contributed by atoms with E-state index in [9.17, 15) is 9.59 Å². The third-order valence-corrected chi connectivity index (χ3v) is 8.76. The molecule has 5 rings (SSSR count). The number of carbonyl (C=O) groups excluding carboxylic acids is 2. The number of amides is 1. The van der Waals surface area contributed by atoms with Crippen LogP contribution in [0.1, 0.15) is 29.7 Å². The van der Waals surface area contributed by atoms with Gasteiger partial charge >= 0.3 is 5.97 Å². The maximum Gasteiger partial charge on any atom is 0.331 e. The number of nitrogens with zero attached hydrogens (tertiary/aromatic N) is 2. The van der Waals surface area contributed by atoms with Gasteiger partial charge in [0.1, 0.15) is 11.4 Å². The molecule has 4 atom stereocenters. The number of hydrogen-bond acceptors (Lipinski definition) is 5. The fraction of sp³-hybridized carbons (Fsp3) is 0.250. The molecule has 7 heteroatoms. The minimum Gasteiger partial charge on any atom is -0.451 e. The van der Waals surface area contributed by atoms with Crippen LogP contribution in [0, 0.1) is 0 Å². The van der Waals surface area contributed by atoms with Crippen LogP contribution in [-0.4, -0.2) is 51.1 Å². The van der Waals surface area contributed by atoms with E-state index >= 15 is 0 Å². The van der Waals surface area contributed by atoms with Crippen molar-refractivity contribution in [1.29, 1.82) is 0 Å². The van der Waals surface area contributed by atoms with E-state index in [0.717, 1.165) is 16.7 Å². The van der Waals surface area contributed by atoms with Crippen LogP contribution in [-0.2, 0) is 14.3 Å². The van der Waals surface area contributed by atoms with E-state index in [4.69, 9.17) is 16.3 Å². The monoisotopic (exact) mass is 504 g/mol. The molecule has 3 aromatic rings. The molecule has 0 bridgehead atoms. The molecule has 0 saturated carbocycles. The Bertz CT molecular complexity index is 1190. The van der Waals surface area contributed by atoms with E-state index < -0.39 is 28.9 Å². The van der Waals surface area contributed by atoms with Crippen LogP contribution in [0.3, 0.4) is 0 Å². The number of esters is 1. The van der Waals surface area contributed by atoms with Crippen molar-refractivity contribution in [3.8, 4) is 0 Å². The van der Waals surface area contributed by atoms with Gasteiger partial charge in [-0.05, 0) is 23.6 Å². The van der Waals surface area contributed by atoms with Crippen molar-refractivity contribution in [2.75, 3.05) is 5.88 Å². The molecule has 0 radical (unpaired) electrons. The van der Waals surface area contributed by atoms with Gasteiger partial charge in [-0.3, -0.25) is 9.79 Å². The van der Waals surface area contributed by atoms with Crippen molar-refractivity contribution in [2.24, 2.45) is 4.99 Å². The Morgan fingerprint density at radius 1 is 1.03 bits per heavy atom. The first-order valence-corrected chi connectivity index (χ1v) is 12.9. The van der Waals surface area contributed by atoms with Gasteiger partial charge in [0.25, 0.3) is 5.91 Å². The Hall–Kier alpha value is -3.09. The average molecular weight is 505 g/mol. The second kappa shape index (κ2) is 9.88. The number of β-lactam (4-membered cyclic amide) rings is 1. The lowest BCUT2D eigenvalue weighted by molar-refractivity contribution is -0.165. The second-order valence-corrected chi connectivity index (χ2v) is 10.8. The first-order valence-electron chi connectivity index (χ1n) is 11.5. The Balaban J connectivity index is 1.40. The second-order valence-electron chi connectivity index (χ2n) is 8.87. The Labute approximate surface area is 214 Å². The van der Waals surface area contributed by atoms with Gasteiger partial charge in [0.2, 0.25) is 0 Å². The first-order chi connectivity index (χ1) is 17.0. The average Bonchev–Trinajstić information content (AvgIpc) is 3.18. The number of alkyl halides is 1. The standard InChI is InChI=1S/C28H25ClN2O3S/c1-28(18-29)24(31-25(32)22(26(31)35-28)30-17-19-11-5-2-6-12-19)27(33)34-23(20-13-7-3-8-14-20)21-15-9-4-10-16-21/h2-17,22-24,26H,18H2,1H3/t22-,24+,26+,28?/m1/s1. The van der Waals surface area contributed by atoms with Gasteiger partial charge in [-0.25, -0.2) is 4.79 Å². The largest absolute Gasteiger partial charge is 0.451 e. The van der Waals surface area contributed by atoms with Crippen LogP contribution in [0.25, 0.3) is 0 Å². The molecule has 0 aromatic heterocycles. The quantitative estimate of drug-likeness (QED) is 0.195. The summed E-state index contributed by atoms with van der Waals surface area (Å²) < 4.78 is 5.44. The summed E-state index contributed by atoms with van der Waals surface area (Å²) in [7, 11) is 0. The summed E-state index contributed by atoms with van der Waals surface area (Å²) in [4.78, 5) is 33.0. The number of halogens is 1. The van der Waals surface area contributed by atoms with Crippen molar-refractivity contribution in [3.63, 3.8) is 0 Å². The number of aliphatic imine (C=N–C) groups is 1. The summed E-state index contributed by atoms with van der Waals surface area (Å²) >= 11 is 7.90. The highest BCUT2D eigenvalue weighted by atomic mass is 35.5. The number of hydrogen-bond donors (Lipinski definition) is 0. The highest BCUT2D eigenvalue weighted by Crippen LogP contribution is 2.53. The molecule has 35 heavy (non-hydrogen) atoms. The van der Waals surface area contributed by atoms with E-state index in [1.807, 2.05) is 97.9 Å². The molecule has 0 aliphatic carbocycles. The fourth-order valence-corrected chi connectivity index (χ4v) is 6.52. The van der Waals surface area contributed by atoms with Gasteiger partial charge < -0.3 is 9.64 Å². The van der Waals surface area contributed by atoms with Crippen molar-refractivity contribution in [2.45, 2.75) is 35.2 Å². The smallest absolute Gasteiger partial charge is 0.331 e. The fourth-order valence-electron chi connectivity index (χ4n) is 4.58. The SMILES string of the molecule is CC1(CCl)S[C@H]2[C@H](N=Cc3ccccc3)C(=O)N2[C@H]1C(=O)OC(c1ccccc1)c1ccccc1. The molecule has 2 heterocycles. The van der Waals surface area contributed by atoms with Gasteiger partial charge in [0, 0.05) is 12.1 Å². The minimum absolute atomic E-state index is 0.179. The lowest BCUT2D eigenvalue weighted by atomic mass is 9.95. The predicted octanol–water partition coefficient (Wildman–Crippen LogP) is 5.09. The number of fused-ring (bicyclic) bond motifs is 1. The molecule has 2 saturated heterocycles. The first kappa shape index (κ1) is 23.6. The van der Waals surface area contributed by atoms with Gasteiger partial charge in [-0.2, -0.15) is 0 Å². The van der Waals surface area contributed by atoms with E-state index in [1.165, 1.54) is 11.8 Å². The van der Waals surface area contributed by atoms with Crippen LogP contribution in [0.15, 0.2) is 96.0 Å². The zero-order valence-electron chi connectivity index (χ0n) is 19.2. The van der Waals surface area contributed by atoms with Crippen molar-refractivity contribution >= 4 is 41.5 Å². The number of carbonyl (C=O) groups is 2. The van der Waals surface area contributed by atoms with Crippen LogP contribution in [0.5, 0.6) is 0 Å². The molecule has 2 aliphatic rings. The van der Waals surface area contributed by atoms with Crippen LogP contribution < -0.4 is 0 Å². The summed E-state index contributed by atoms with van der Waals surface area (Å²) in [6.07, 6.45) is 1.13. The van der Waals surface area contributed by atoms with Gasteiger partial charge in [-0.1, -0.05) is 91.0 Å². The summed E-state index contributed by atoms with van der Waals surface area (Å²) in [5.74, 6) is -0.435. The Kier molecular flexibility index (Phi) is 6.67. The highest BCUT2D eigenvalue weighted by molar-refractivity contribution is 8.01. The topological polar surface area (TPSA) is 59.0 Å². The van der Waals surface area contributed by atoms with Gasteiger partial charge in [-0.15, -0.1) is 23.4 Å². The predicted molar refractivity (Wildman–Crippen MR) is 140 cm³/mol. The third kappa shape index (κ3) is 4.48. The van der Waals surface area contributed by atoms with Gasteiger partial charge in [0.15, 0.2) is 12.1 Å². The molecule has 0 spiro atoms. The van der Waals surface area contributed by atoms with E-state index in [-0.39, 0.29) is 17.2 Å². The lowest BCUT2D eigenvalue weighted by Crippen LogP contribution is -2.65. The number of ether oxygens (including phenoxy) is 1. The zero-order chi connectivity index (χ0) is 24.4. The summed E-state index contributed by atoms with van der Waals surface area (Å²) in [6.45, 7) is 1.92. The molecule has 5 nitrogen and oxygen atoms in total. The molecule has 178 valence electrons. The molecule has 2 fully saturated rings. The van der Waals surface area contributed by atoms with E-state index in [0.29, 0.717) is 0 Å². The third-order valence-electron chi connectivity index (χ3n) is 6.41. The van der Waals surface area contributed by atoms with E-state index in [1.54, 1.807) is 11.1 Å². The van der Waals surface area contributed by atoms with Crippen LogP contribution >= 0.6 is 23.4 Å². The Morgan fingerprint density at radius 3 is 2.11 bits per heavy atom. The van der Waals surface area contributed by atoms with Gasteiger partial charge in [0.05, 0.1) is 4.75 Å². The number of thioether (sulfide) groups is 1. The molecular weight excluding hydrogens is 480 g/mol. The molecule has 2 aliphatic heterocycles. The molecule has 1 amide bonds. The highest BCUT2D eigenvalue weighted by Gasteiger charge is 2.65. The van der Waals surface area contributed by atoms with E-state index in [2.05, 4.69) is 4.99 Å². The normalized spacial score (nSPS) is 25.5. The number of benzene rings is 3. The zero-order valence-corrected chi connectivity index (χ0v) is 20.7. The molecular formula is C28H25ClN2O3S. The summed E-state index contributed by atoms with van der Waals surface area (Å²) in [5, 5.41) is -0.254. The Morgan fingerprint density at radius 2 is 1.57 bits per heavy atom. The van der Waals surface area contributed by atoms with Crippen LogP contribution in [0.2, 0.25) is 0 Å². The van der Waals surface area contributed by atoms with Crippen LogP contribution in [0.4, 0.5) is 0 Å².